The summed E-state index contributed by atoms with van der Waals surface area (Å²) in [6, 6.07) is 19.4. The van der Waals surface area contributed by atoms with Gasteiger partial charge < -0.3 is 9.73 Å². The van der Waals surface area contributed by atoms with Crippen LogP contribution >= 0.6 is 0 Å². The molecule has 0 aliphatic heterocycles. The molecule has 1 aromatic heterocycles. The van der Waals surface area contributed by atoms with E-state index in [0.717, 1.165) is 22.3 Å². The van der Waals surface area contributed by atoms with Crippen LogP contribution in [0.5, 0.6) is 0 Å². The van der Waals surface area contributed by atoms with Gasteiger partial charge in [0.2, 0.25) is 17.7 Å². The van der Waals surface area contributed by atoms with Crippen LogP contribution in [0.4, 0.5) is 11.4 Å². The SMILES string of the molecule is Cc1ccc(-c2nnc(CCC(=O)Nc3cc(S(=O)(=O)Nc4cccc(C)c4)ccc3C)o2)cc1. The molecule has 0 fully saturated rings. The van der Waals surface area contributed by atoms with E-state index in [1.165, 1.54) is 12.1 Å². The number of nitrogens with one attached hydrogen (secondary N) is 2. The molecular weight excluding hydrogens is 464 g/mol. The van der Waals surface area contributed by atoms with Crippen molar-refractivity contribution in [1.29, 1.82) is 0 Å². The molecule has 4 rings (SSSR count). The third-order valence-electron chi connectivity index (χ3n) is 5.40. The summed E-state index contributed by atoms with van der Waals surface area (Å²) >= 11 is 0. The highest BCUT2D eigenvalue weighted by atomic mass is 32.2. The Bertz CT molecular complexity index is 1460. The van der Waals surface area contributed by atoms with Crippen molar-refractivity contribution in [3.8, 4) is 11.5 Å². The van der Waals surface area contributed by atoms with Gasteiger partial charge in [-0.15, -0.1) is 10.2 Å². The number of aromatic nitrogens is 2. The summed E-state index contributed by atoms with van der Waals surface area (Å²) in [6.07, 6.45) is 0.365. The maximum absolute atomic E-state index is 12.9. The highest BCUT2D eigenvalue weighted by Crippen LogP contribution is 2.24. The molecule has 3 aromatic carbocycles. The van der Waals surface area contributed by atoms with Crippen molar-refractivity contribution >= 4 is 27.3 Å². The summed E-state index contributed by atoms with van der Waals surface area (Å²) in [4.78, 5) is 12.6. The van der Waals surface area contributed by atoms with Gasteiger partial charge in [-0.2, -0.15) is 0 Å². The number of hydrogen-bond acceptors (Lipinski definition) is 6. The van der Waals surface area contributed by atoms with Crippen molar-refractivity contribution in [3.05, 3.63) is 89.3 Å². The molecule has 4 aromatic rings. The topological polar surface area (TPSA) is 114 Å². The molecule has 0 radical (unpaired) electrons. The van der Waals surface area contributed by atoms with E-state index in [2.05, 4.69) is 20.2 Å². The van der Waals surface area contributed by atoms with Crippen LogP contribution in [-0.4, -0.2) is 24.5 Å². The van der Waals surface area contributed by atoms with E-state index >= 15 is 0 Å². The minimum Gasteiger partial charge on any atom is -0.421 e. The number of carbonyl (C=O) groups is 1. The molecular formula is C26H26N4O4S. The van der Waals surface area contributed by atoms with Gasteiger partial charge in [0.05, 0.1) is 4.90 Å². The number of hydrogen-bond donors (Lipinski definition) is 2. The van der Waals surface area contributed by atoms with Crippen LogP contribution in [-0.2, 0) is 21.2 Å². The second-order valence-electron chi connectivity index (χ2n) is 8.37. The van der Waals surface area contributed by atoms with E-state index in [-0.39, 0.29) is 23.6 Å². The number of aryl methyl sites for hydroxylation is 4. The Morgan fingerprint density at radius 2 is 1.69 bits per heavy atom. The second kappa shape index (κ2) is 10.1. The first kappa shape index (κ1) is 24.2. The predicted molar refractivity (Wildman–Crippen MR) is 135 cm³/mol. The lowest BCUT2D eigenvalue weighted by Crippen LogP contribution is -2.16. The van der Waals surface area contributed by atoms with E-state index in [4.69, 9.17) is 4.42 Å². The molecule has 0 aliphatic rings. The number of carbonyl (C=O) groups excluding carboxylic acids is 1. The van der Waals surface area contributed by atoms with Gasteiger partial charge in [0, 0.05) is 29.8 Å². The molecule has 0 spiro atoms. The van der Waals surface area contributed by atoms with Gasteiger partial charge in [-0.1, -0.05) is 35.9 Å². The average Bonchev–Trinajstić information content (AvgIpc) is 3.28. The quantitative estimate of drug-likeness (QED) is 0.358. The van der Waals surface area contributed by atoms with Crippen LogP contribution in [0.3, 0.4) is 0 Å². The Morgan fingerprint density at radius 1 is 0.914 bits per heavy atom. The third kappa shape index (κ3) is 6.13. The van der Waals surface area contributed by atoms with E-state index in [1.807, 2.05) is 44.2 Å². The fourth-order valence-corrected chi connectivity index (χ4v) is 4.50. The summed E-state index contributed by atoms with van der Waals surface area (Å²) < 4.78 is 34.0. The monoisotopic (exact) mass is 490 g/mol. The molecule has 8 nitrogen and oxygen atoms in total. The fraction of sp³-hybridized carbons (Fsp3) is 0.192. The molecule has 1 heterocycles. The summed E-state index contributed by atoms with van der Waals surface area (Å²) in [7, 11) is -3.82. The Morgan fingerprint density at radius 3 is 2.43 bits per heavy atom. The van der Waals surface area contributed by atoms with Crippen molar-refractivity contribution in [3.63, 3.8) is 0 Å². The molecule has 0 saturated heterocycles. The van der Waals surface area contributed by atoms with Gasteiger partial charge in [-0.05, 0) is 68.3 Å². The zero-order valence-corrected chi connectivity index (χ0v) is 20.5. The second-order valence-corrected chi connectivity index (χ2v) is 10.0. The molecule has 0 atom stereocenters. The predicted octanol–water partition coefficient (Wildman–Crippen LogP) is 5.03. The summed E-state index contributed by atoms with van der Waals surface area (Å²) in [5.74, 6) is 0.464. The Labute approximate surface area is 204 Å². The number of nitrogens with zero attached hydrogens (tertiary/aromatic N) is 2. The van der Waals surface area contributed by atoms with E-state index in [1.54, 1.807) is 31.2 Å². The molecule has 0 saturated carbocycles. The molecule has 35 heavy (non-hydrogen) atoms. The highest BCUT2D eigenvalue weighted by Gasteiger charge is 2.17. The van der Waals surface area contributed by atoms with Crippen molar-refractivity contribution in [2.45, 2.75) is 38.5 Å². The van der Waals surface area contributed by atoms with E-state index in [9.17, 15) is 13.2 Å². The number of amides is 1. The van der Waals surface area contributed by atoms with E-state index in [0.29, 0.717) is 23.2 Å². The zero-order chi connectivity index (χ0) is 25.0. The highest BCUT2D eigenvalue weighted by molar-refractivity contribution is 7.92. The van der Waals surface area contributed by atoms with Crippen LogP contribution in [0.25, 0.3) is 11.5 Å². The van der Waals surface area contributed by atoms with Crippen LogP contribution in [0.15, 0.2) is 76.0 Å². The van der Waals surface area contributed by atoms with Gasteiger partial charge in [0.1, 0.15) is 0 Å². The van der Waals surface area contributed by atoms with E-state index < -0.39 is 10.0 Å². The Balaban J connectivity index is 1.40. The Hall–Kier alpha value is -3.98. The van der Waals surface area contributed by atoms with Gasteiger partial charge in [0.15, 0.2) is 0 Å². The number of sulfonamides is 1. The largest absolute Gasteiger partial charge is 0.421 e. The van der Waals surface area contributed by atoms with Crippen molar-refractivity contribution in [1.82, 2.24) is 10.2 Å². The minimum atomic E-state index is -3.82. The van der Waals surface area contributed by atoms with Crippen LogP contribution < -0.4 is 10.0 Å². The van der Waals surface area contributed by atoms with Crippen LogP contribution in [0.1, 0.15) is 29.0 Å². The van der Waals surface area contributed by atoms with Gasteiger partial charge in [-0.3, -0.25) is 9.52 Å². The molecule has 0 aliphatic carbocycles. The number of rotatable bonds is 8. The van der Waals surface area contributed by atoms with Crippen molar-refractivity contribution < 1.29 is 17.6 Å². The first-order valence-electron chi connectivity index (χ1n) is 11.1. The summed E-state index contributed by atoms with van der Waals surface area (Å²) in [6.45, 7) is 5.68. The van der Waals surface area contributed by atoms with Gasteiger partial charge in [0.25, 0.3) is 10.0 Å². The minimum absolute atomic E-state index is 0.0551. The first-order valence-corrected chi connectivity index (χ1v) is 12.6. The summed E-state index contributed by atoms with van der Waals surface area (Å²) in [5, 5.41) is 10.9. The van der Waals surface area contributed by atoms with Crippen LogP contribution in [0.2, 0.25) is 0 Å². The molecule has 1 amide bonds. The zero-order valence-electron chi connectivity index (χ0n) is 19.7. The summed E-state index contributed by atoms with van der Waals surface area (Å²) in [5.41, 5.74) is 4.52. The molecule has 2 N–H and O–H groups in total. The molecule has 9 heteroatoms. The van der Waals surface area contributed by atoms with Crippen LogP contribution in [0, 0.1) is 20.8 Å². The lowest BCUT2D eigenvalue weighted by Gasteiger charge is -2.12. The van der Waals surface area contributed by atoms with Gasteiger partial charge in [-0.25, -0.2) is 8.42 Å². The standard InChI is InChI=1S/C26H26N4O4S/c1-17-7-10-20(11-8-17)26-29-28-25(34-26)14-13-24(31)27-23-16-22(12-9-19(23)3)35(32,33)30-21-6-4-5-18(2)15-21/h4-12,15-16,30H,13-14H2,1-3H3,(H,27,31). The Kier molecular flexibility index (Phi) is 6.97. The fourth-order valence-electron chi connectivity index (χ4n) is 3.43. The van der Waals surface area contributed by atoms with Crippen molar-refractivity contribution in [2.24, 2.45) is 0 Å². The third-order valence-corrected chi connectivity index (χ3v) is 6.77. The lowest BCUT2D eigenvalue weighted by molar-refractivity contribution is -0.116. The molecule has 0 unspecified atom stereocenters. The molecule has 180 valence electrons. The maximum Gasteiger partial charge on any atom is 0.261 e. The van der Waals surface area contributed by atoms with Crippen molar-refractivity contribution in [2.75, 3.05) is 10.0 Å². The number of benzene rings is 3. The normalized spacial score (nSPS) is 11.3. The lowest BCUT2D eigenvalue weighted by atomic mass is 10.1. The number of anilines is 2. The average molecular weight is 491 g/mol. The molecule has 0 bridgehead atoms. The first-order chi connectivity index (χ1) is 16.7. The smallest absolute Gasteiger partial charge is 0.261 e. The maximum atomic E-state index is 12.9. The van der Waals surface area contributed by atoms with Gasteiger partial charge >= 0.3 is 0 Å².